The minimum atomic E-state index is 0.543. The molecule has 28 heavy (non-hydrogen) atoms. The Morgan fingerprint density at radius 1 is 0.750 bits per heavy atom. The van der Waals surface area contributed by atoms with E-state index in [2.05, 4.69) is 55.1 Å². The Morgan fingerprint density at radius 3 is 2.21 bits per heavy atom. The van der Waals surface area contributed by atoms with Crippen LogP contribution in [0.4, 0.5) is 17.5 Å². The monoisotopic (exact) mass is 371 g/mol. The summed E-state index contributed by atoms with van der Waals surface area (Å²) >= 11 is 0. The van der Waals surface area contributed by atoms with Crippen molar-refractivity contribution < 1.29 is 0 Å². The first-order chi connectivity index (χ1) is 13.8. The highest BCUT2D eigenvalue weighted by Crippen LogP contribution is 2.24. The molecule has 0 saturated heterocycles. The zero-order chi connectivity index (χ0) is 19.2. The van der Waals surface area contributed by atoms with Gasteiger partial charge in [-0.2, -0.15) is 5.10 Å². The van der Waals surface area contributed by atoms with Gasteiger partial charge in [0.15, 0.2) is 5.82 Å². The molecule has 4 N–H and O–H groups in total. The lowest BCUT2D eigenvalue weighted by molar-refractivity contribution is 0.943. The number of nitrogens with one attached hydrogen (secondary N) is 2. The van der Waals surface area contributed by atoms with E-state index >= 15 is 0 Å². The zero-order valence-electron chi connectivity index (χ0n) is 15.3. The number of nitrogens with two attached hydrogens (primary N) is 1. The van der Waals surface area contributed by atoms with Crippen molar-refractivity contribution in [2.45, 2.75) is 6.42 Å². The van der Waals surface area contributed by atoms with Crippen molar-refractivity contribution in [1.29, 1.82) is 0 Å². The van der Waals surface area contributed by atoms with Gasteiger partial charge in [-0.05, 0) is 5.56 Å². The minimum absolute atomic E-state index is 0.543. The van der Waals surface area contributed by atoms with Gasteiger partial charge in [-0.3, -0.25) is 0 Å². The van der Waals surface area contributed by atoms with E-state index < -0.39 is 0 Å². The van der Waals surface area contributed by atoms with Crippen molar-refractivity contribution in [2.24, 2.45) is 0 Å². The first kappa shape index (κ1) is 17.7. The van der Waals surface area contributed by atoms with E-state index in [4.69, 9.17) is 5.73 Å². The predicted molar refractivity (Wildman–Crippen MR) is 112 cm³/mol. The Labute approximate surface area is 163 Å². The summed E-state index contributed by atoms with van der Waals surface area (Å²) in [6, 6.07) is 18.5. The fraction of sp³-hybridized carbons (Fsp3) is 0.143. The fourth-order valence-corrected chi connectivity index (χ4v) is 2.99. The molecule has 0 aliphatic rings. The maximum Gasteiger partial charge on any atom is 0.222 e. The Hall–Kier alpha value is -3.74. The van der Waals surface area contributed by atoms with E-state index in [-0.39, 0.29) is 0 Å². The summed E-state index contributed by atoms with van der Waals surface area (Å²) in [4.78, 5) is 8.24. The van der Waals surface area contributed by atoms with Gasteiger partial charge >= 0.3 is 0 Å². The number of anilines is 3. The van der Waals surface area contributed by atoms with Crippen LogP contribution in [0.1, 0.15) is 11.3 Å². The van der Waals surface area contributed by atoms with Crippen molar-refractivity contribution in [2.75, 3.05) is 29.5 Å². The first-order valence-corrected chi connectivity index (χ1v) is 9.13. The standard InChI is InChI=1S/C21H21N7/c22-16-13-25-21(26-14-16)24-11-10-23-20-18-9-5-4-8-17(18)19(27-28-20)12-15-6-2-1-3-7-15/h1-9,13-14H,10-12,22H2,(H,23,28)(H,24,25,26). The largest absolute Gasteiger partial charge is 0.396 e. The Morgan fingerprint density at radius 2 is 1.43 bits per heavy atom. The van der Waals surface area contributed by atoms with Gasteiger partial charge in [0.2, 0.25) is 5.95 Å². The molecule has 0 atom stereocenters. The second-order valence-electron chi connectivity index (χ2n) is 6.40. The molecular formula is C21H21N7. The number of aromatic nitrogens is 4. The van der Waals surface area contributed by atoms with Gasteiger partial charge in [-0.15, -0.1) is 5.10 Å². The van der Waals surface area contributed by atoms with Crippen LogP contribution in [0, 0.1) is 0 Å². The van der Waals surface area contributed by atoms with Gasteiger partial charge in [-0.25, -0.2) is 9.97 Å². The van der Waals surface area contributed by atoms with Crippen LogP contribution in [0.15, 0.2) is 67.0 Å². The molecule has 4 rings (SSSR count). The summed E-state index contributed by atoms with van der Waals surface area (Å²) in [6.07, 6.45) is 3.91. The quantitative estimate of drug-likeness (QED) is 0.429. The van der Waals surface area contributed by atoms with Crippen LogP contribution >= 0.6 is 0 Å². The molecular weight excluding hydrogens is 350 g/mol. The van der Waals surface area contributed by atoms with Crippen molar-refractivity contribution in [1.82, 2.24) is 20.2 Å². The number of nitrogen functional groups attached to an aromatic ring is 1. The molecule has 2 aromatic heterocycles. The number of rotatable bonds is 7. The normalized spacial score (nSPS) is 10.7. The number of hydrogen-bond donors (Lipinski definition) is 3. The Balaban J connectivity index is 1.46. The topological polar surface area (TPSA) is 102 Å². The maximum atomic E-state index is 5.59. The van der Waals surface area contributed by atoms with Gasteiger partial charge < -0.3 is 16.4 Å². The molecule has 0 fully saturated rings. The Kier molecular flexibility index (Phi) is 5.24. The van der Waals surface area contributed by atoms with Crippen LogP contribution in [0.3, 0.4) is 0 Å². The van der Waals surface area contributed by atoms with Crippen LogP contribution < -0.4 is 16.4 Å². The van der Waals surface area contributed by atoms with E-state index in [0.29, 0.717) is 24.7 Å². The smallest absolute Gasteiger partial charge is 0.222 e. The average Bonchev–Trinajstić information content (AvgIpc) is 2.74. The molecule has 4 aromatic rings. The maximum absolute atomic E-state index is 5.59. The van der Waals surface area contributed by atoms with Crippen molar-refractivity contribution in [3.8, 4) is 0 Å². The van der Waals surface area contributed by atoms with Gasteiger partial charge in [0, 0.05) is 30.3 Å². The SMILES string of the molecule is Nc1cnc(NCCNc2nnc(Cc3ccccc3)c3ccccc23)nc1. The molecule has 2 aromatic carbocycles. The molecule has 0 unspecified atom stereocenters. The van der Waals surface area contributed by atoms with Crippen LogP contribution in [0.2, 0.25) is 0 Å². The third-order valence-electron chi connectivity index (χ3n) is 4.35. The van der Waals surface area contributed by atoms with Crippen LogP contribution in [0.25, 0.3) is 10.8 Å². The Bertz CT molecular complexity index is 1050. The lowest BCUT2D eigenvalue weighted by Gasteiger charge is -2.11. The molecule has 0 saturated carbocycles. The summed E-state index contributed by atoms with van der Waals surface area (Å²) in [6.45, 7) is 1.30. The summed E-state index contributed by atoms with van der Waals surface area (Å²) in [5.41, 5.74) is 8.32. The summed E-state index contributed by atoms with van der Waals surface area (Å²) < 4.78 is 0. The molecule has 2 heterocycles. The molecule has 7 nitrogen and oxygen atoms in total. The first-order valence-electron chi connectivity index (χ1n) is 9.13. The second kappa shape index (κ2) is 8.30. The fourth-order valence-electron chi connectivity index (χ4n) is 2.99. The van der Waals surface area contributed by atoms with E-state index in [1.807, 2.05) is 30.3 Å². The van der Waals surface area contributed by atoms with Gasteiger partial charge in [0.05, 0.1) is 23.8 Å². The number of hydrogen-bond acceptors (Lipinski definition) is 7. The molecule has 0 bridgehead atoms. The highest BCUT2D eigenvalue weighted by atomic mass is 15.2. The van der Waals surface area contributed by atoms with E-state index in [0.717, 1.165) is 28.7 Å². The van der Waals surface area contributed by atoms with Crippen LogP contribution in [0.5, 0.6) is 0 Å². The number of nitrogens with zero attached hydrogens (tertiary/aromatic N) is 4. The molecule has 0 aliphatic carbocycles. The molecule has 0 radical (unpaired) electrons. The third-order valence-corrected chi connectivity index (χ3v) is 4.35. The molecule has 0 amide bonds. The number of fused-ring (bicyclic) bond motifs is 1. The molecule has 0 aliphatic heterocycles. The average molecular weight is 371 g/mol. The zero-order valence-corrected chi connectivity index (χ0v) is 15.3. The summed E-state index contributed by atoms with van der Waals surface area (Å²) in [5.74, 6) is 1.32. The summed E-state index contributed by atoms with van der Waals surface area (Å²) in [5, 5.41) is 17.6. The second-order valence-corrected chi connectivity index (χ2v) is 6.40. The lowest BCUT2D eigenvalue weighted by Crippen LogP contribution is -2.16. The highest BCUT2D eigenvalue weighted by molar-refractivity contribution is 5.93. The molecule has 140 valence electrons. The van der Waals surface area contributed by atoms with E-state index in [9.17, 15) is 0 Å². The van der Waals surface area contributed by atoms with Crippen LogP contribution in [-0.2, 0) is 6.42 Å². The third kappa shape index (κ3) is 4.15. The van der Waals surface area contributed by atoms with E-state index in [1.165, 1.54) is 5.56 Å². The highest BCUT2D eigenvalue weighted by Gasteiger charge is 2.09. The molecule has 0 spiro atoms. The van der Waals surface area contributed by atoms with Crippen molar-refractivity contribution in [3.63, 3.8) is 0 Å². The predicted octanol–water partition coefficient (Wildman–Crippen LogP) is 3.12. The summed E-state index contributed by atoms with van der Waals surface area (Å²) in [7, 11) is 0. The van der Waals surface area contributed by atoms with Crippen LogP contribution in [-0.4, -0.2) is 33.3 Å². The van der Waals surface area contributed by atoms with E-state index in [1.54, 1.807) is 12.4 Å². The lowest BCUT2D eigenvalue weighted by atomic mass is 10.0. The molecule has 7 heteroatoms. The number of benzene rings is 2. The van der Waals surface area contributed by atoms with Gasteiger partial charge in [-0.1, -0.05) is 54.6 Å². The van der Waals surface area contributed by atoms with Gasteiger partial charge in [0.25, 0.3) is 0 Å². The van der Waals surface area contributed by atoms with Crippen molar-refractivity contribution >= 4 is 28.2 Å². The minimum Gasteiger partial charge on any atom is -0.396 e. The van der Waals surface area contributed by atoms with Crippen molar-refractivity contribution in [3.05, 3.63) is 78.2 Å². The van der Waals surface area contributed by atoms with Gasteiger partial charge in [0.1, 0.15) is 0 Å².